The number of pyridine rings is 1. The Kier molecular flexibility index (Phi) is 6.33. The number of nitrogens with zero attached hydrogens (tertiary/aromatic N) is 1. The molecule has 0 saturated heterocycles. The largest absolute Gasteiger partial charge is 0.481 e. The van der Waals surface area contributed by atoms with E-state index in [2.05, 4.69) is 27.8 Å². The molecule has 26 heavy (non-hydrogen) atoms. The topological polar surface area (TPSA) is 46.2 Å². The highest BCUT2D eigenvalue weighted by Crippen LogP contribution is 2.39. The molecule has 1 aliphatic rings. The van der Waals surface area contributed by atoms with E-state index in [1.54, 1.807) is 19.4 Å². The number of ether oxygens (including phenoxy) is 1. The number of rotatable bonds is 5. The van der Waals surface area contributed by atoms with E-state index in [4.69, 9.17) is 28.6 Å². The Morgan fingerprint density at radius 3 is 2.50 bits per heavy atom. The number of nitrogens with one attached hydrogen (secondary N) is 2. The second kappa shape index (κ2) is 8.69. The van der Waals surface area contributed by atoms with Gasteiger partial charge in [0.2, 0.25) is 5.88 Å². The van der Waals surface area contributed by atoms with E-state index in [0.717, 1.165) is 30.1 Å². The van der Waals surface area contributed by atoms with Crippen molar-refractivity contribution in [3.05, 3.63) is 53.2 Å². The fourth-order valence-corrected chi connectivity index (χ4v) is 3.92. The summed E-state index contributed by atoms with van der Waals surface area (Å²) in [7, 11) is 1.60. The molecule has 138 valence electrons. The van der Waals surface area contributed by atoms with Gasteiger partial charge in [0.05, 0.1) is 19.0 Å². The summed E-state index contributed by atoms with van der Waals surface area (Å²) in [4.78, 5) is 4.19. The maximum Gasteiger partial charge on any atom is 0.213 e. The summed E-state index contributed by atoms with van der Waals surface area (Å²) in [6, 6.07) is 12.0. The first-order valence-electron chi connectivity index (χ1n) is 8.92. The number of halogens is 1. The van der Waals surface area contributed by atoms with Crippen molar-refractivity contribution < 1.29 is 4.74 Å². The molecule has 1 aliphatic carbocycles. The predicted molar refractivity (Wildman–Crippen MR) is 111 cm³/mol. The minimum atomic E-state index is 0.104. The van der Waals surface area contributed by atoms with Crippen LogP contribution in [0.15, 0.2) is 42.6 Å². The van der Waals surface area contributed by atoms with Gasteiger partial charge in [-0.25, -0.2) is 4.98 Å². The van der Waals surface area contributed by atoms with Gasteiger partial charge in [-0.3, -0.25) is 0 Å². The number of hydrogen-bond donors (Lipinski definition) is 2. The molecule has 1 aromatic heterocycles. The molecule has 0 atom stereocenters. The second-order valence-corrected chi connectivity index (χ2v) is 7.59. The molecule has 0 amide bonds. The quantitative estimate of drug-likeness (QED) is 0.710. The van der Waals surface area contributed by atoms with Crippen LogP contribution in [0.25, 0.3) is 0 Å². The summed E-state index contributed by atoms with van der Waals surface area (Å²) in [5, 5.41) is 7.99. The van der Waals surface area contributed by atoms with Crippen LogP contribution in [0.2, 0.25) is 5.02 Å². The van der Waals surface area contributed by atoms with Gasteiger partial charge >= 0.3 is 0 Å². The number of anilines is 1. The van der Waals surface area contributed by atoms with E-state index >= 15 is 0 Å². The Balaban J connectivity index is 1.65. The molecule has 1 aromatic carbocycles. The van der Waals surface area contributed by atoms with Crippen LogP contribution < -0.4 is 15.4 Å². The summed E-state index contributed by atoms with van der Waals surface area (Å²) in [5.74, 6) is 0.582. The van der Waals surface area contributed by atoms with Gasteiger partial charge in [0, 0.05) is 23.0 Å². The third-order valence-electron chi connectivity index (χ3n) is 5.06. The molecule has 2 aromatic rings. The lowest BCUT2D eigenvalue weighted by Crippen LogP contribution is -2.43. The lowest BCUT2D eigenvalue weighted by molar-refractivity contribution is 0.292. The summed E-state index contributed by atoms with van der Waals surface area (Å²) in [6.07, 6.45) is 7.82. The standard InChI is InChI=1S/C20H24ClN3OS/c1-25-18-10-9-17(13-22-18)24-19(26)23-14-20(11-3-2-4-12-20)15-5-7-16(21)8-6-15/h5-10,13H,2-4,11-12,14H2,1H3,(H2,23,24,26). The van der Waals surface area contributed by atoms with Gasteiger partial charge < -0.3 is 15.4 Å². The molecule has 1 heterocycles. The van der Waals surface area contributed by atoms with E-state index in [0.29, 0.717) is 11.0 Å². The van der Waals surface area contributed by atoms with Crippen LogP contribution in [-0.4, -0.2) is 23.8 Å². The third kappa shape index (κ3) is 4.65. The molecule has 3 rings (SSSR count). The summed E-state index contributed by atoms with van der Waals surface area (Å²) >= 11 is 11.6. The van der Waals surface area contributed by atoms with Crippen molar-refractivity contribution in [2.24, 2.45) is 0 Å². The van der Waals surface area contributed by atoms with E-state index in [9.17, 15) is 0 Å². The molecular formula is C20H24ClN3OS. The molecule has 0 radical (unpaired) electrons. The first-order chi connectivity index (χ1) is 12.6. The van der Waals surface area contributed by atoms with Gasteiger partial charge in [0.15, 0.2) is 5.11 Å². The lowest BCUT2D eigenvalue weighted by Gasteiger charge is -2.38. The molecule has 4 nitrogen and oxygen atoms in total. The number of methoxy groups -OCH3 is 1. The van der Waals surface area contributed by atoms with E-state index in [1.165, 1.54) is 24.8 Å². The Morgan fingerprint density at radius 2 is 1.88 bits per heavy atom. The maximum absolute atomic E-state index is 6.07. The van der Waals surface area contributed by atoms with Crippen molar-refractivity contribution in [2.75, 3.05) is 19.0 Å². The molecule has 6 heteroatoms. The smallest absolute Gasteiger partial charge is 0.213 e. The third-order valence-corrected chi connectivity index (χ3v) is 5.56. The average molecular weight is 390 g/mol. The molecule has 0 bridgehead atoms. The van der Waals surface area contributed by atoms with Crippen LogP contribution in [0.1, 0.15) is 37.7 Å². The normalized spacial score (nSPS) is 15.9. The number of aromatic nitrogens is 1. The maximum atomic E-state index is 6.07. The minimum Gasteiger partial charge on any atom is -0.481 e. The SMILES string of the molecule is COc1ccc(NC(=S)NCC2(c3ccc(Cl)cc3)CCCCC2)cn1. The number of thiocarbonyl (C=S) groups is 1. The van der Waals surface area contributed by atoms with Gasteiger partial charge in [-0.1, -0.05) is 43.0 Å². The molecule has 0 aliphatic heterocycles. The van der Waals surface area contributed by atoms with Crippen LogP contribution >= 0.6 is 23.8 Å². The van der Waals surface area contributed by atoms with Gasteiger partial charge in [-0.15, -0.1) is 0 Å². The van der Waals surface area contributed by atoms with Gasteiger partial charge in [-0.2, -0.15) is 0 Å². The number of hydrogen-bond acceptors (Lipinski definition) is 3. The van der Waals surface area contributed by atoms with Crippen molar-refractivity contribution in [1.82, 2.24) is 10.3 Å². The summed E-state index contributed by atoms with van der Waals surface area (Å²) in [6.45, 7) is 0.810. The van der Waals surface area contributed by atoms with Crippen molar-refractivity contribution in [3.63, 3.8) is 0 Å². The molecule has 0 unspecified atom stereocenters. The molecule has 2 N–H and O–H groups in total. The lowest BCUT2D eigenvalue weighted by atomic mass is 9.69. The Bertz CT molecular complexity index is 728. The highest BCUT2D eigenvalue weighted by molar-refractivity contribution is 7.80. The van der Waals surface area contributed by atoms with Crippen LogP contribution in [0, 0.1) is 0 Å². The first kappa shape index (κ1) is 18.9. The van der Waals surface area contributed by atoms with E-state index in [1.807, 2.05) is 18.2 Å². The zero-order valence-electron chi connectivity index (χ0n) is 14.9. The second-order valence-electron chi connectivity index (χ2n) is 6.74. The van der Waals surface area contributed by atoms with Crippen LogP contribution in [-0.2, 0) is 5.41 Å². The fourth-order valence-electron chi connectivity index (χ4n) is 3.60. The highest BCUT2D eigenvalue weighted by atomic mass is 35.5. The summed E-state index contributed by atoms with van der Waals surface area (Å²) < 4.78 is 5.07. The van der Waals surface area contributed by atoms with Gasteiger partial charge in [-0.05, 0) is 48.8 Å². The monoisotopic (exact) mass is 389 g/mol. The molecule has 0 spiro atoms. The van der Waals surface area contributed by atoms with Crippen LogP contribution in [0.3, 0.4) is 0 Å². The zero-order chi connectivity index (χ0) is 18.4. The molecular weight excluding hydrogens is 366 g/mol. The average Bonchev–Trinajstić information content (AvgIpc) is 2.68. The first-order valence-corrected chi connectivity index (χ1v) is 9.71. The van der Waals surface area contributed by atoms with Crippen molar-refractivity contribution in [3.8, 4) is 5.88 Å². The Hall–Kier alpha value is -1.85. The minimum absolute atomic E-state index is 0.104. The van der Waals surface area contributed by atoms with Crippen LogP contribution in [0.4, 0.5) is 5.69 Å². The van der Waals surface area contributed by atoms with Crippen molar-refractivity contribution in [1.29, 1.82) is 0 Å². The van der Waals surface area contributed by atoms with Crippen molar-refractivity contribution >= 4 is 34.6 Å². The van der Waals surface area contributed by atoms with Crippen molar-refractivity contribution in [2.45, 2.75) is 37.5 Å². The predicted octanol–water partition coefficient (Wildman–Crippen LogP) is 4.93. The molecule has 1 fully saturated rings. The highest BCUT2D eigenvalue weighted by Gasteiger charge is 2.33. The number of benzene rings is 1. The van der Waals surface area contributed by atoms with E-state index in [-0.39, 0.29) is 5.41 Å². The van der Waals surface area contributed by atoms with Gasteiger partial charge in [0.1, 0.15) is 0 Å². The Morgan fingerprint density at radius 1 is 1.15 bits per heavy atom. The van der Waals surface area contributed by atoms with Crippen LogP contribution in [0.5, 0.6) is 5.88 Å². The Labute approximate surface area is 165 Å². The molecule has 1 saturated carbocycles. The summed E-state index contributed by atoms with van der Waals surface area (Å²) in [5.41, 5.74) is 2.28. The van der Waals surface area contributed by atoms with Gasteiger partial charge in [0.25, 0.3) is 0 Å². The zero-order valence-corrected chi connectivity index (χ0v) is 16.5. The van der Waals surface area contributed by atoms with E-state index < -0.39 is 0 Å². The fraction of sp³-hybridized carbons (Fsp3) is 0.400.